The van der Waals surface area contributed by atoms with Crippen molar-refractivity contribution in [2.45, 2.75) is 26.1 Å². The van der Waals surface area contributed by atoms with Crippen molar-refractivity contribution in [3.63, 3.8) is 0 Å². The summed E-state index contributed by atoms with van der Waals surface area (Å²) in [5, 5.41) is 16.8. The van der Waals surface area contributed by atoms with Gasteiger partial charge in [0.05, 0.1) is 29.8 Å². The van der Waals surface area contributed by atoms with Gasteiger partial charge in [0.1, 0.15) is 23.9 Å². The van der Waals surface area contributed by atoms with E-state index in [0.717, 1.165) is 17.3 Å². The Balaban J connectivity index is 1.28. The van der Waals surface area contributed by atoms with E-state index in [4.69, 9.17) is 4.74 Å². The number of carbonyl (C=O) groups excluding carboxylic acids is 2. The van der Waals surface area contributed by atoms with Crippen molar-refractivity contribution >= 4 is 40.1 Å². The maximum Gasteiger partial charge on any atom is 0.573 e. The van der Waals surface area contributed by atoms with Gasteiger partial charge in [0.15, 0.2) is 11.0 Å². The number of nitrogens with zero attached hydrogens (tertiary/aromatic N) is 6. The number of thioether (sulfide) groups is 1. The number of aromatic nitrogens is 3. The third-order valence-corrected chi connectivity index (χ3v) is 7.72. The lowest BCUT2D eigenvalue weighted by atomic mass is 10.00. The van der Waals surface area contributed by atoms with Gasteiger partial charge in [0, 0.05) is 11.8 Å². The van der Waals surface area contributed by atoms with Gasteiger partial charge in [0.2, 0.25) is 5.91 Å². The molecule has 11 nitrogen and oxygen atoms in total. The van der Waals surface area contributed by atoms with Crippen molar-refractivity contribution < 1.29 is 32.2 Å². The molecule has 0 radical (unpaired) electrons. The number of alkyl halides is 3. The van der Waals surface area contributed by atoms with E-state index in [1.807, 2.05) is 26.0 Å². The number of amidine groups is 1. The van der Waals surface area contributed by atoms with Gasteiger partial charge in [-0.1, -0.05) is 49.9 Å². The van der Waals surface area contributed by atoms with Crippen molar-refractivity contribution in [2.24, 2.45) is 4.99 Å². The highest BCUT2D eigenvalue weighted by Gasteiger charge is 2.33. The number of amides is 3. The van der Waals surface area contributed by atoms with Crippen molar-refractivity contribution in [3.8, 4) is 34.6 Å². The molecule has 1 saturated heterocycles. The summed E-state index contributed by atoms with van der Waals surface area (Å²) in [4.78, 5) is 35.4. The molecule has 3 aromatic carbocycles. The molecule has 1 aliphatic rings. The Bertz CT molecular complexity index is 1900. The summed E-state index contributed by atoms with van der Waals surface area (Å²) in [5.74, 6) is 0.602. The van der Waals surface area contributed by atoms with E-state index in [2.05, 4.69) is 25.1 Å². The lowest BCUT2D eigenvalue weighted by molar-refractivity contribution is -0.274. The number of ether oxygens (including phenoxy) is 2. The fraction of sp³-hybridized carbons (Fsp3) is 0.188. The Morgan fingerprint density at radius 3 is 2.45 bits per heavy atom. The van der Waals surface area contributed by atoms with Crippen LogP contribution in [0.3, 0.4) is 0 Å². The third kappa shape index (κ3) is 7.79. The molecule has 0 saturated carbocycles. The number of carbonyl (C=O) groups is 2. The summed E-state index contributed by atoms with van der Waals surface area (Å²) >= 11 is 1.14. The highest BCUT2D eigenvalue weighted by molar-refractivity contribution is 8.15. The summed E-state index contributed by atoms with van der Waals surface area (Å²) < 4.78 is 47.9. The fourth-order valence-corrected chi connectivity index (χ4v) is 5.42. The molecule has 47 heavy (non-hydrogen) atoms. The third-order valence-electron chi connectivity index (χ3n) is 6.80. The van der Waals surface area contributed by atoms with Crippen molar-refractivity contribution in [2.75, 3.05) is 17.8 Å². The van der Waals surface area contributed by atoms with Gasteiger partial charge in [0.25, 0.3) is 0 Å². The van der Waals surface area contributed by atoms with Crippen molar-refractivity contribution in [1.82, 2.24) is 20.1 Å². The molecule has 1 aliphatic heterocycles. The fourth-order valence-electron chi connectivity index (χ4n) is 4.56. The summed E-state index contributed by atoms with van der Waals surface area (Å²) in [5.41, 5.74) is 3.20. The SMILES string of the molecule is COc1ccc(N2C(=O)CS/C2=N\C(=O)N/C=C(\C#N)c2ccc(-c3ncn(-c4ccc(OC(F)(F)F)cc4)n3)cc2)c(C(C)C)c1. The zero-order valence-corrected chi connectivity index (χ0v) is 26.0. The zero-order chi connectivity index (χ0) is 33.7. The molecule has 1 fully saturated rings. The molecule has 15 heteroatoms. The minimum absolute atomic E-state index is 0.0649. The molecule has 0 bridgehead atoms. The number of nitrogens with one attached hydrogen (secondary N) is 1. The van der Waals surface area contributed by atoms with Crippen molar-refractivity contribution in [1.29, 1.82) is 5.26 Å². The number of anilines is 1. The Hall–Kier alpha value is -5.62. The average Bonchev–Trinajstić information content (AvgIpc) is 3.68. The van der Waals surface area contributed by atoms with Gasteiger partial charge < -0.3 is 14.8 Å². The van der Waals surface area contributed by atoms with Crippen LogP contribution in [0.4, 0.5) is 23.7 Å². The molecule has 0 unspecified atom stereocenters. The number of methoxy groups -OCH3 is 1. The van der Waals surface area contributed by atoms with E-state index in [-0.39, 0.29) is 34.1 Å². The predicted octanol–water partition coefficient (Wildman–Crippen LogP) is 6.67. The van der Waals surface area contributed by atoms with Crippen LogP contribution in [0.15, 0.2) is 84.2 Å². The largest absolute Gasteiger partial charge is 0.573 e. The Labute approximate surface area is 271 Å². The monoisotopic (exact) mass is 661 g/mol. The Morgan fingerprint density at radius 2 is 1.81 bits per heavy atom. The number of urea groups is 1. The molecule has 5 rings (SSSR count). The standard InChI is InChI=1S/C32H26F3N7O4S/c1-19(2)26-14-25(45-3)12-13-27(26)42-28(43)17-47-31(42)39-30(44)37-16-22(15-36)20-4-6-21(7-5-20)29-38-18-41(40-29)23-8-10-24(11-9-23)46-32(33,34)35/h4-14,16,18-19H,17H2,1-3H3,(H,37,44)/b22-16+,39-31-. The van der Waals surface area contributed by atoms with Crippen LogP contribution in [0, 0.1) is 11.3 Å². The lowest BCUT2D eigenvalue weighted by Gasteiger charge is -2.22. The van der Waals surface area contributed by atoms with Crippen LogP contribution in [0.25, 0.3) is 22.6 Å². The molecule has 3 amide bonds. The number of halogens is 3. The van der Waals surface area contributed by atoms with Gasteiger partial charge in [-0.15, -0.1) is 18.3 Å². The molecule has 0 atom stereocenters. The Morgan fingerprint density at radius 1 is 1.11 bits per heavy atom. The molecule has 0 spiro atoms. The molecular formula is C32H26F3N7O4S. The summed E-state index contributed by atoms with van der Waals surface area (Å²) in [6.45, 7) is 3.98. The average molecular weight is 662 g/mol. The second-order valence-corrected chi connectivity index (χ2v) is 11.2. The van der Waals surface area contributed by atoms with Crippen LogP contribution in [-0.4, -0.2) is 51.1 Å². The highest BCUT2D eigenvalue weighted by Crippen LogP contribution is 2.35. The number of allylic oxidation sites excluding steroid dienone is 1. The molecule has 2 heterocycles. The quantitative estimate of drug-likeness (QED) is 0.207. The number of hydrogen-bond donors (Lipinski definition) is 1. The first kappa shape index (κ1) is 32.8. The maximum atomic E-state index is 12.8. The first-order chi connectivity index (χ1) is 22.5. The zero-order valence-electron chi connectivity index (χ0n) is 25.1. The minimum Gasteiger partial charge on any atom is -0.497 e. The highest BCUT2D eigenvalue weighted by atomic mass is 32.2. The molecule has 1 aromatic heterocycles. The van der Waals surface area contributed by atoms with Crippen LogP contribution in [0.2, 0.25) is 0 Å². The minimum atomic E-state index is -4.79. The van der Waals surface area contributed by atoms with E-state index in [0.29, 0.717) is 34.1 Å². The Kier molecular flexibility index (Phi) is 9.62. The summed E-state index contributed by atoms with van der Waals surface area (Å²) in [6.07, 6.45) is -2.14. The van der Waals surface area contributed by atoms with Crippen LogP contribution in [0.5, 0.6) is 11.5 Å². The van der Waals surface area contributed by atoms with Crippen molar-refractivity contribution in [3.05, 3.63) is 90.4 Å². The normalized spacial score (nSPS) is 14.4. The van der Waals surface area contributed by atoms with Gasteiger partial charge in [-0.2, -0.15) is 10.3 Å². The maximum absolute atomic E-state index is 12.8. The van der Waals surface area contributed by atoms with E-state index in [1.54, 1.807) is 43.5 Å². The first-order valence-corrected chi connectivity index (χ1v) is 15.0. The van der Waals surface area contributed by atoms with Gasteiger partial charge in [-0.25, -0.2) is 14.5 Å². The van der Waals surface area contributed by atoms with Crippen LogP contribution < -0.4 is 19.7 Å². The van der Waals surface area contributed by atoms with Crippen LogP contribution in [0.1, 0.15) is 30.9 Å². The van der Waals surface area contributed by atoms with Crippen LogP contribution in [-0.2, 0) is 4.79 Å². The number of nitriles is 1. The second kappa shape index (κ2) is 13.8. The van der Waals surface area contributed by atoms with Gasteiger partial charge in [-0.05, 0) is 59.5 Å². The molecular weight excluding hydrogens is 635 g/mol. The molecule has 4 aromatic rings. The smallest absolute Gasteiger partial charge is 0.497 e. The number of rotatable bonds is 8. The van der Waals surface area contributed by atoms with E-state index in [1.165, 1.54) is 46.4 Å². The first-order valence-electron chi connectivity index (χ1n) is 14.0. The molecule has 0 aliphatic carbocycles. The van der Waals surface area contributed by atoms with E-state index in [9.17, 15) is 28.0 Å². The second-order valence-electron chi connectivity index (χ2n) is 10.2. The van der Waals surface area contributed by atoms with E-state index >= 15 is 0 Å². The predicted molar refractivity (Wildman–Crippen MR) is 170 cm³/mol. The number of hydrogen-bond acceptors (Lipinski definition) is 8. The lowest BCUT2D eigenvalue weighted by Crippen LogP contribution is -2.31. The number of aliphatic imine (C=N–C) groups is 1. The number of benzene rings is 3. The summed E-state index contributed by atoms with van der Waals surface area (Å²) in [7, 11) is 1.56. The van der Waals surface area contributed by atoms with Gasteiger partial charge in [-0.3, -0.25) is 9.69 Å². The van der Waals surface area contributed by atoms with Gasteiger partial charge >= 0.3 is 12.4 Å². The summed E-state index contributed by atoms with van der Waals surface area (Å²) in [6, 6.07) is 18.5. The molecule has 240 valence electrons. The van der Waals surface area contributed by atoms with E-state index < -0.39 is 12.4 Å². The topological polar surface area (TPSA) is 135 Å². The molecule has 1 N–H and O–H groups in total. The van der Waals surface area contributed by atoms with Crippen LogP contribution >= 0.6 is 11.8 Å².